The summed E-state index contributed by atoms with van der Waals surface area (Å²) in [6.45, 7) is 2.14. The lowest BCUT2D eigenvalue weighted by Crippen LogP contribution is -1.98. The molecule has 0 radical (unpaired) electrons. The zero-order valence-electron chi connectivity index (χ0n) is 8.84. The third-order valence-corrected chi connectivity index (χ3v) is 3.61. The average Bonchev–Trinajstić information content (AvgIpc) is 2.94. The van der Waals surface area contributed by atoms with Crippen LogP contribution in [-0.2, 0) is 0 Å². The van der Waals surface area contributed by atoms with Gasteiger partial charge in [0, 0.05) is 11.6 Å². The van der Waals surface area contributed by atoms with Crippen LogP contribution >= 0.6 is 11.6 Å². The highest BCUT2D eigenvalue weighted by molar-refractivity contribution is 6.21. The van der Waals surface area contributed by atoms with Crippen LogP contribution in [0.4, 0.5) is 4.39 Å². The molecule has 3 heteroatoms. The predicted molar refractivity (Wildman–Crippen MR) is 58.8 cm³/mol. The van der Waals surface area contributed by atoms with E-state index in [2.05, 4.69) is 6.92 Å². The highest BCUT2D eigenvalue weighted by Crippen LogP contribution is 2.50. The van der Waals surface area contributed by atoms with Crippen LogP contribution in [0.15, 0.2) is 18.2 Å². The quantitative estimate of drug-likeness (QED) is 0.716. The van der Waals surface area contributed by atoms with Gasteiger partial charge in [0.2, 0.25) is 0 Å². The maximum atomic E-state index is 13.6. The third-order valence-electron chi connectivity index (χ3n) is 3.05. The van der Waals surface area contributed by atoms with Gasteiger partial charge in [-0.2, -0.15) is 0 Å². The van der Waals surface area contributed by atoms with Gasteiger partial charge >= 0.3 is 0 Å². The molecule has 0 aromatic heterocycles. The molecule has 15 heavy (non-hydrogen) atoms. The monoisotopic (exact) mass is 228 g/mol. The number of methoxy groups -OCH3 is 1. The molecule has 0 saturated heterocycles. The fourth-order valence-corrected chi connectivity index (χ4v) is 2.38. The number of rotatable bonds is 3. The van der Waals surface area contributed by atoms with Crippen molar-refractivity contribution >= 4 is 11.6 Å². The van der Waals surface area contributed by atoms with E-state index in [1.165, 1.54) is 13.2 Å². The van der Waals surface area contributed by atoms with E-state index in [0.717, 1.165) is 6.42 Å². The van der Waals surface area contributed by atoms with Gasteiger partial charge in [0.1, 0.15) is 11.6 Å². The molecule has 3 atom stereocenters. The Kier molecular flexibility index (Phi) is 2.87. The minimum atomic E-state index is -0.270. The maximum absolute atomic E-state index is 13.6. The van der Waals surface area contributed by atoms with Crippen LogP contribution in [0, 0.1) is 17.7 Å². The van der Waals surface area contributed by atoms with Gasteiger partial charge in [-0.1, -0.05) is 13.0 Å². The third kappa shape index (κ3) is 2.10. The largest absolute Gasteiger partial charge is 0.497 e. The van der Waals surface area contributed by atoms with Crippen molar-refractivity contribution < 1.29 is 9.13 Å². The number of alkyl halides is 1. The Morgan fingerprint density at radius 1 is 1.53 bits per heavy atom. The molecule has 1 aliphatic carbocycles. The smallest absolute Gasteiger partial charge is 0.131 e. The van der Waals surface area contributed by atoms with E-state index < -0.39 is 0 Å². The zero-order chi connectivity index (χ0) is 11.0. The van der Waals surface area contributed by atoms with Crippen molar-refractivity contribution in [3.63, 3.8) is 0 Å². The standard InChI is InChI=1S/C12H14ClFO/c1-7-5-10(7)12(13)9-4-3-8(15-2)6-11(9)14/h3-4,6-7,10,12H,5H2,1-2H3. The van der Waals surface area contributed by atoms with Crippen LogP contribution in [0.2, 0.25) is 0 Å². The predicted octanol–water partition coefficient (Wildman–Crippen LogP) is 3.77. The number of hydrogen-bond donors (Lipinski definition) is 0. The van der Waals surface area contributed by atoms with Crippen LogP contribution in [0.5, 0.6) is 5.75 Å². The Labute approximate surface area is 94.2 Å². The summed E-state index contributed by atoms with van der Waals surface area (Å²) < 4.78 is 18.6. The molecule has 1 aromatic rings. The molecule has 82 valence electrons. The molecule has 0 aliphatic heterocycles. The lowest BCUT2D eigenvalue weighted by Gasteiger charge is -2.11. The maximum Gasteiger partial charge on any atom is 0.131 e. The second-order valence-corrected chi connectivity index (χ2v) is 4.64. The number of halogens is 2. The fraction of sp³-hybridized carbons (Fsp3) is 0.500. The van der Waals surface area contributed by atoms with Crippen molar-refractivity contribution in [1.29, 1.82) is 0 Å². The number of benzene rings is 1. The fourth-order valence-electron chi connectivity index (χ4n) is 1.85. The van der Waals surface area contributed by atoms with Crippen molar-refractivity contribution in [2.24, 2.45) is 11.8 Å². The topological polar surface area (TPSA) is 9.23 Å². The van der Waals surface area contributed by atoms with Crippen LogP contribution in [0.1, 0.15) is 24.3 Å². The Balaban J connectivity index is 2.21. The van der Waals surface area contributed by atoms with Crippen molar-refractivity contribution in [2.45, 2.75) is 18.7 Å². The van der Waals surface area contributed by atoms with E-state index in [-0.39, 0.29) is 11.2 Å². The van der Waals surface area contributed by atoms with Crippen LogP contribution in [0.25, 0.3) is 0 Å². The molecule has 1 saturated carbocycles. The van der Waals surface area contributed by atoms with Gasteiger partial charge in [-0.15, -0.1) is 11.6 Å². The summed E-state index contributed by atoms with van der Waals surface area (Å²) in [5, 5.41) is -0.203. The molecular formula is C12H14ClFO. The molecular weight excluding hydrogens is 215 g/mol. The first-order valence-corrected chi connectivity index (χ1v) is 5.54. The summed E-state index contributed by atoms with van der Waals surface area (Å²) in [6.07, 6.45) is 1.10. The average molecular weight is 229 g/mol. The van der Waals surface area contributed by atoms with E-state index in [0.29, 0.717) is 23.1 Å². The number of hydrogen-bond acceptors (Lipinski definition) is 1. The van der Waals surface area contributed by atoms with Gasteiger partial charge in [-0.25, -0.2) is 4.39 Å². The summed E-state index contributed by atoms with van der Waals surface area (Å²) in [7, 11) is 1.52. The van der Waals surface area contributed by atoms with Gasteiger partial charge in [0.15, 0.2) is 0 Å². The normalized spacial score (nSPS) is 26.1. The summed E-state index contributed by atoms with van der Waals surface area (Å²) in [6, 6.07) is 4.86. The van der Waals surface area contributed by atoms with Gasteiger partial charge in [-0.3, -0.25) is 0 Å². The molecule has 1 aromatic carbocycles. The van der Waals surface area contributed by atoms with Crippen LogP contribution in [0.3, 0.4) is 0 Å². The van der Waals surface area contributed by atoms with E-state index in [1.54, 1.807) is 12.1 Å². The molecule has 0 heterocycles. The minimum absolute atomic E-state index is 0.203. The van der Waals surface area contributed by atoms with Crippen molar-refractivity contribution in [3.05, 3.63) is 29.6 Å². The molecule has 1 fully saturated rings. The van der Waals surface area contributed by atoms with E-state index in [9.17, 15) is 4.39 Å². The Hall–Kier alpha value is -0.760. The van der Waals surface area contributed by atoms with Gasteiger partial charge in [0.05, 0.1) is 12.5 Å². The highest BCUT2D eigenvalue weighted by atomic mass is 35.5. The molecule has 0 bridgehead atoms. The zero-order valence-corrected chi connectivity index (χ0v) is 9.59. The molecule has 0 spiro atoms. The van der Waals surface area contributed by atoms with Crippen LogP contribution in [-0.4, -0.2) is 7.11 Å². The van der Waals surface area contributed by atoms with Crippen molar-refractivity contribution in [1.82, 2.24) is 0 Å². The molecule has 2 rings (SSSR count). The summed E-state index contributed by atoms with van der Waals surface area (Å²) in [5.74, 6) is 1.31. The lowest BCUT2D eigenvalue weighted by molar-refractivity contribution is 0.410. The minimum Gasteiger partial charge on any atom is -0.497 e. The molecule has 1 aliphatic rings. The summed E-state index contributed by atoms with van der Waals surface area (Å²) >= 11 is 6.22. The van der Waals surface area contributed by atoms with Crippen LogP contribution < -0.4 is 4.74 Å². The second-order valence-electron chi connectivity index (χ2n) is 4.17. The van der Waals surface area contributed by atoms with Crippen molar-refractivity contribution in [3.8, 4) is 5.75 Å². The highest BCUT2D eigenvalue weighted by Gasteiger charge is 2.40. The van der Waals surface area contributed by atoms with E-state index in [1.807, 2.05) is 0 Å². The van der Waals surface area contributed by atoms with E-state index >= 15 is 0 Å². The first-order valence-electron chi connectivity index (χ1n) is 5.11. The lowest BCUT2D eigenvalue weighted by atomic mass is 10.1. The molecule has 0 N–H and O–H groups in total. The Morgan fingerprint density at radius 3 is 2.67 bits per heavy atom. The van der Waals surface area contributed by atoms with Gasteiger partial charge in [0.25, 0.3) is 0 Å². The summed E-state index contributed by atoms with van der Waals surface area (Å²) in [5.41, 5.74) is 0.590. The van der Waals surface area contributed by atoms with E-state index in [4.69, 9.17) is 16.3 Å². The molecule has 0 amide bonds. The molecule has 3 unspecified atom stereocenters. The SMILES string of the molecule is COc1ccc(C(Cl)C2CC2C)c(F)c1. The van der Waals surface area contributed by atoms with Gasteiger partial charge < -0.3 is 4.74 Å². The Morgan fingerprint density at radius 2 is 2.20 bits per heavy atom. The molecule has 1 nitrogen and oxygen atoms in total. The van der Waals surface area contributed by atoms with Gasteiger partial charge in [-0.05, 0) is 24.3 Å². The van der Waals surface area contributed by atoms with Crippen molar-refractivity contribution in [2.75, 3.05) is 7.11 Å². The summed E-state index contributed by atoms with van der Waals surface area (Å²) in [4.78, 5) is 0. The first kappa shape index (κ1) is 10.7. The number of ether oxygens (including phenoxy) is 1. The first-order chi connectivity index (χ1) is 7.13. The second kappa shape index (κ2) is 4.01. The Bertz CT molecular complexity index is 367.